The molecule has 1 amide bonds. The first-order chi connectivity index (χ1) is 15.3. The van der Waals surface area contributed by atoms with Crippen LogP contribution >= 0.6 is 11.8 Å². The summed E-state index contributed by atoms with van der Waals surface area (Å²) in [5, 5.41) is 3.40. The Kier molecular flexibility index (Phi) is 6.11. The minimum atomic E-state index is -0.699. The zero-order valence-corrected chi connectivity index (χ0v) is 19.3. The van der Waals surface area contributed by atoms with Crippen molar-refractivity contribution < 1.29 is 13.9 Å². The van der Waals surface area contributed by atoms with E-state index in [0.29, 0.717) is 34.2 Å². The Labute approximate surface area is 190 Å². The number of methoxy groups -OCH3 is 1. The van der Waals surface area contributed by atoms with Crippen molar-refractivity contribution in [1.29, 1.82) is 0 Å². The summed E-state index contributed by atoms with van der Waals surface area (Å²) < 4.78 is 20.9. The van der Waals surface area contributed by atoms with E-state index in [1.165, 1.54) is 39.6 Å². The molecule has 0 aliphatic carbocycles. The maximum absolute atomic E-state index is 13.7. The van der Waals surface area contributed by atoms with E-state index < -0.39 is 11.9 Å². The molecule has 0 spiro atoms. The minimum Gasteiger partial charge on any atom is -0.494 e. The van der Waals surface area contributed by atoms with Crippen LogP contribution in [-0.4, -0.2) is 23.3 Å². The topological polar surface area (TPSA) is 60.3 Å². The zero-order chi connectivity index (χ0) is 23.0. The Morgan fingerprint density at radius 1 is 1.19 bits per heavy atom. The predicted octanol–water partition coefficient (Wildman–Crippen LogP) is 4.80. The lowest BCUT2D eigenvalue weighted by Gasteiger charge is -2.18. The molecule has 32 heavy (non-hydrogen) atoms. The smallest absolute Gasteiger partial charge is 0.252 e. The average molecular weight is 453 g/mol. The van der Waals surface area contributed by atoms with Crippen LogP contribution in [-0.2, 0) is 11.2 Å². The quantitative estimate of drug-likeness (QED) is 0.604. The number of rotatable bonds is 5. The molecule has 1 atom stereocenters. The monoisotopic (exact) mass is 452 g/mol. The van der Waals surface area contributed by atoms with Crippen LogP contribution in [0.2, 0.25) is 0 Å². The molecule has 0 radical (unpaired) electrons. The van der Waals surface area contributed by atoms with Crippen LogP contribution in [0.3, 0.4) is 0 Å². The molecule has 1 aliphatic heterocycles. The molecule has 0 unspecified atom stereocenters. The number of thioether (sulfide) groups is 1. The van der Waals surface area contributed by atoms with E-state index in [2.05, 4.69) is 31.3 Å². The molecule has 166 valence electrons. The van der Waals surface area contributed by atoms with Crippen LogP contribution in [0.25, 0.3) is 0 Å². The van der Waals surface area contributed by atoms with Gasteiger partial charge >= 0.3 is 0 Å². The highest BCUT2D eigenvalue weighted by Crippen LogP contribution is 2.41. The fourth-order valence-corrected chi connectivity index (χ4v) is 5.40. The van der Waals surface area contributed by atoms with Crippen molar-refractivity contribution in [2.75, 3.05) is 18.2 Å². The highest BCUT2D eigenvalue weighted by Gasteiger charge is 2.33. The van der Waals surface area contributed by atoms with Gasteiger partial charge in [0.25, 0.3) is 5.56 Å². The van der Waals surface area contributed by atoms with Crippen LogP contribution in [0.1, 0.15) is 33.9 Å². The van der Waals surface area contributed by atoms with E-state index in [-0.39, 0.29) is 11.5 Å². The number of benzene rings is 2. The number of carbonyl (C=O) groups is 1. The second kappa shape index (κ2) is 8.82. The average Bonchev–Trinajstić information content (AvgIpc) is 3.17. The van der Waals surface area contributed by atoms with E-state index >= 15 is 0 Å². The van der Waals surface area contributed by atoms with E-state index in [1.54, 1.807) is 26.2 Å². The summed E-state index contributed by atoms with van der Waals surface area (Å²) in [6.07, 6.45) is 0.569. The number of fused-ring (bicyclic) bond motifs is 1. The first-order valence-corrected chi connectivity index (χ1v) is 11.4. The number of carbonyl (C=O) groups excluding carboxylic acids is 1. The van der Waals surface area contributed by atoms with Gasteiger partial charge in [-0.1, -0.05) is 18.2 Å². The number of pyridine rings is 1. The third kappa shape index (κ3) is 4.17. The van der Waals surface area contributed by atoms with Gasteiger partial charge in [0.05, 0.1) is 7.11 Å². The molecular weight excluding hydrogens is 427 g/mol. The molecule has 2 aromatic carbocycles. The Morgan fingerprint density at radius 3 is 2.69 bits per heavy atom. The number of amides is 1. The van der Waals surface area contributed by atoms with Crippen molar-refractivity contribution in [1.82, 2.24) is 4.57 Å². The molecule has 4 rings (SSSR count). The van der Waals surface area contributed by atoms with Gasteiger partial charge in [-0.05, 0) is 61.2 Å². The number of nitrogens with zero attached hydrogens (tertiary/aromatic N) is 1. The van der Waals surface area contributed by atoms with E-state index in [4.69, 9.17) is 4.74 Å². The summed E-state index contributed by atoms with van der Waals surface area (Å²) in [7, 11) is 1.58. The van der Waals surface area contributed by atoms with Crippen molar-refractivity contribution in [2.45, 2.75) is 38.3 Å². The Hall–Kier alpha value is -3.06. The van der Waals surface area contributed by atoms with Gasteiger partial charge in [-0.3, -0.25) is 14.2 Å². The van der Waals surface area contributed by atoms with Gasteiger partial charge in [0.15, 0.2) is 5.75 Å². The Bertz CT molecular complexity index is 1250. The number of aryl methyl sites for hydroxylation is 2. The molecule has 7 heteroatoms. The molecule has 0 fully saturated rings. The molecule has 5 nitrogen and oxygen atoms in total. The summed E-state index contributed by atoms with van der Waals surface area (Å²) in [5.41, 5.74) is 5.14. The second-order valence-electron chi connectivity index (χ2n) is 8.09. The number of aromatic nitrogens is 1. The molecular formula is C25H25FN2O3S. The summed E-state index contributed by atoms with van der Waals surface area (Å²) in [4.78, 5) is 26.0. The van der Waals surface area contributed by atoms with Crippen LogP contribution in [0.5, 0.6) is 5.75 Å². The van der Waals surface area contributed by atoms with E-state index in [1.807, 2.05) is 6.07 Å². The Morgan fingerprint density at radius 2 is 1.97 bits per heavy atom. The number of ether oxygens (including phenoxy) is 1. The molecule has 1 aliphatic rings. The summed E-state index contributed by atoms with van der Waals surface area (Å²) in [6.45, 7) is 5.89. The number of nitrogens with one attached hydrogen (secondary N) is 1. The van der Waals surface area contributed by atoms with Crippen LogP contribution in [0.4, 0.5) is 10.1 Å². The molecule has 3 aromatic rings. The first kappa shape index (κ1) is 22.1. The largest absolute Gasteiger partial charge is 0.494 e. The standard InChI is InChI=1S/C25H25FN2O3S/c1-14-8-19(26)12-20(9-14)27-24(30)21-13-32-25-23(31-4)18(11-22(29)28(21)25)10-17-7-5-6-15(2)16(17)3/h5-9,11-12,21H,10,13H2,1-4H3,(H,27,30)/t21-/m0/s1. The predicted molar refractivity (Wildman–Crippen MR) is 126 cm³/mol. The van der Waals surface area contributed by atoms with Crippen LogP contribution in [0, 0.1) is 26.6 Å². The molecule has 2 heterocycles. The number of hydrogen-bond acceptors (Lipinski definition) is 4. The molecule has 1 N–H and O–H groups in total. The third-order valence-corrected chi connectivity index (χ3v) is 6.98. The molecule has 1 aromatic heterocycles. The van der Waals surface area contributed by atoms with Crippen molar-refractivity contribution in [3.8, 4) is 5.75 Å². The lowest BCUT2D eigenvalue weighted by Crippen LogP contribution is -2.32. The normalized spacial score (nSPS) is 14.8. The lowest BCUT2D eigenvalue weighted by molar-refractivity contribution is -0.118. The van der Waals surface area contributed by atoms with Crippen LogP contribution < -0.4 is 15.6 Å². The fraction of sp³-hybridized carbons (Fsp3) is 0.280. The zero-order valence-electron chi connectivity index (χ0n) is 18.5. The fourth-order valence-electron chi connectivity index (χ4n) is 4.08. The number of anilines is 1. The first-order valence-electron chi connectivity index (χ1n) is 10.4. The minimum absolute atomic E-state index is 0.248. The van der Waals surface area contributed by atoms with Gasteiger partial charge in [-0.25, -0.2) is 4.39 Å². The molecule has 0 saturated heterocycles. The van der Waals surface area contributed by atoms with Gasteiger partial charge in [0.1, 0.15) is 16.9 Å². The highest BCUT2D eigenvalue weighted by molar-refractivity contribution is 7.99. The van der Waals surface area contributed by atoms with Gasteiger partial charge in [0, 0.05) is 29.5 Å². The Balaban J connectivity index is 1.67. The molecule has 0 bridgehead atoms. The van der Waals surface area contributed by atoms with Gasteiger partial charge < -0.3 is 10.1 Å². The van der Waals surface area contributed by atoms with Gasteiger partial charge in [-0.2, -0.15) is 0 Å². The SMILES string of the molecule is COc1c(Cc2cccc(C)c2C)cc(=O)n2c1SC[C@H]2C(=O)Nc1cc(C)cc(F)c1. The summed E-state index contributed by atoms with van der Waals surface area (Å²) in [6, 6.07) is 11.3. The number of hydrogen-bond donors (Lipinski definition) is 1. The second-order valence-corrected chi connectivity index (χ2v) is 9.09. The number of halogens is 1. The van der Waals surface area contributed by atoms with Crippen molar-refractivity contribution in [3.05, 3.63) is 86.5 Å². The van der Waals surface area contributed by atoms with Gasteiger partial charge in [-0.15, -0.1) is 11.8 Å². The van der Waals surface area contributed by atoms with Gasteiger partial charge in [0.2, 0.25) is 5.91 Å². The van der Waals surface area contributed by atoms with Crippen molar-refractivity contribution in [3.63, 3.8) is 0 Å². The highest BCUT2D eigenvalue weighted by atomic mass is 32.2. The van der Waals surface area contributed by atoms with E-state index in [0.717, 1.165) is 11.1 Å². The lowest BCUT2D eigenvalue weighted by atomic mass is 9.97. The van der Waals surface area contributed by atoms with Crippen LogP contribution in [0.15, 0.2) is 52.3 Å². The van der Waals surface area contributed by atoms with E-state index in [9.17, 15) is 14.0 Å². The summed E-state index contributed by atoms with van der Waals surface area (Å²) >= 11 is 1.42. The summed E-state index contributed by atoms with van der Waals surface area (Å²) in [5.74, 6) is 0.245. The molecule has 0 saturated carbocycles. The van der Waals surface area contributed by atoms with Crippen molar-refractivity contribution >= 4 is 23.4 Å². The maximum Gasteiger partial charge on any atom is 0.252 e. The van der Waals surface area contributed by atoms with Crippen molar-refractivity contribution in [2.24, 2.45) is 0 Å². The maximum atomic E-state index is 13.7. The third-order valence-electron chi connectivity index (χ3n) is 5.84.